The van der Waals surface area contributed by atoms with Crippen molar-refractivity contribution in [3.8, 4) is 5.75 Å². The van der Waals surface area contributed by atoms with Crippen LogP contribution in [0.25, 0.3) is 0 Å². The maximum absolute atomic E-state index is 11.9. The van der Waals surface area contributed by atoms with Crippen LogP contribution in [0.5, 0.6) is 5.75 Å². The third-order valence-corrected chi connectivity index (χ3v) is 3.63. The molecule has 0 aliphatic carbocycles. The van der Waals surface area contributed by atoms with E-state index in [0.29, 0.717) is 12.5 Å². The second-order valence-corrected chi connectivity index (χ2v) is 5.86. The van der Waals surface area contributed by atoms with Gasteiger partial charge in [0.05, 0.1) is 18.6 Å². The summed E-state index contributed by atoms with van der Waals surface area (Å²) in [6.45, 7) is 6.87. The Labute approximate surface area is 125 Å². The van der Waals surface area contributed by atoms with Gasteiger partial charge >= 0.3 is 0 Å². The topological polar surface area (TPSA) is 88.4 Å². The van der Waals surface area contributed by atoms with E-state index in [0.717, 1.165) is 11.3 Å². The molecule has 1 heterocycles. The lowest BCUT2D eigenvalue weighted by Gasteiger charge is -2.19. The minimum absolute atomic E-state index is 0.00965. The number of hydrogen-bond donors (Lipinski definition) is 4. The van der Waals surface area contributed by atoms with Crippen LogP contribution < -0.4 is 26.9 Å². The number of nitrogens with one attached hydrogen (secondary N) is 3. The standard InChI is InChI=1S/C15H24N4O2/c1-9(2)8-21-12-6-4-11(5-7-12)14-13(15(20)17-16)10(3)18-19-14/h4-7,9-10,13-14,18-19H,8,16H2,1-3H3,(H,17,20). The molecule has 1 amide bonds. The van der Waals surface area contributed by atoms with E-state index in [-0.39, 0.29) is 23.9 Å². The van der Waals surface area contributed by atoms with Gasteiger partial charge in [0.1, 0.15) is 5.75 Å². The number of carbonyl (C=O) groups is 1. The lowest BCUT2D eigenvalue weighted by atomic mass is 9.89. The van der Waals surface area contributed by atoms with Crippen molar-refractivity contribution >= 4 is 5.91 Å². The Balaban J connectivity index is 2.08. The van der Waals surface area contributed by atoms with Crippen molar-refractivity contribution in [3.63, 3.8) is 0 Å². The van der Waals surface area contributed by atoms with Crippen LogP contribution in [0.3, 0.4) is 0 Å². The average molecular weight is 292 g/mol. The lowest BCUT2D eigenvalue weighted by Crippen LogP contribution is -2.41. The van der Waals surface area contributed by atoms with Crippen LogP contribution in [0.2, 0.25) is 0 Å². The zero-order valence-electron chi connectivity index (χ0n) is 12.7. The Morgan fingerprint density at radius 1 is 1.33 bits per heavy atom. The van der Waals surface area contributed by atoms with Crippen molar-refractivity contribution < 1.29 is 9.53 Å². The normalized spacial score (nSPS) is 25.1. The molecule has 0 radical (unpaired) electrons. The maximum Gasteiger partial charge on any atom is 0.240 e. The molecule has 0 aromatic heterocycles. The molecule has 1 aliphatic heterocycles. The van der Waals surface area contributed by atoms with Gasteiger partial charge in [0.15, 0.2) is 0 Å². The predicted molar refractivity (Wildman–Crippen MR) is 81.1 cm³/mol. The Kier molecular flexibility index (Phi) is 5.17. The smallest absolute Gasteiger partial charge is 0.240 e. The summed E-state index contributed by atoms with van der Waals surface area (Å²) in [6, 6.07) is 7.71. The minimum atomic E-state index is -0.252. The molecule has 2 rings (SSSR count). The van der Waals surface area contributed by atoms with Gasteiger partial charge in [-0.3, -0.25) is 15.6 Å². The van der Waals surface area contributed by atoms with E-state index < -0.39 is 0 Å². The Morgan fingerprint density at radius 3 is 2.57 bits per heavy atom. The second kappa shape index (κ2) is 6.89. The van der Waals surface area contributed by atoms with Gasteiger partial charge in [-0.15, -0.1) is 0 Å². The quantitative estimate of drug-likeness (QED) is 0.367. The van der Waals surface area contributed by atoms with Gasteiger partial charge in [0.25, 0.3) is 0 Å². The number of benzene rings is 1. The van der Waals surface area contributed by atoms with Gasteiger partial charge in [0, 0.05) is 6.04 Å². The molecule has 1 aromatic rings. The highest BCUT2D eigenvalue weighted by Crippen LogP contribution is 2.29. The first kappa shape index (κ1) is 15.8. The highest BCUT2D eigenvalue weighted by atomic mass is 16.5. The molecule has 21 heavy (non-hydrogen) atoms. The van der Waals surface area contributed by atoms with Gasteiger partial charge < -0.3 is 4.74 Å². The number of hydrazine groups is 2. The Bertz CT molecular complexity index is 475. The highest BCUT2D eigenvalue weighted by Gasteiger charge is 2.38. The third-order valence-electron chi connectivity index (χ3n) is 3.63. The Hall–Kier alpha value is -1.63. The van der Waals surface area contributed by atoms with E-state index in [1.165, 1.54) is 0 Å². The fraction of sp³-hybridized carbons (Fsp3) is 0.533. The highest BCUT2D eigenvalue weighted by molar-refractivity contribution is 5.80. The van der Waals surface area contributed by atoms with Gasteiger partial charge in [0.2, 0.25) is 5.91 Å². The molecule has 0 spiro atoms. The maximum atomic E-state index is 11.9. The summed E-state index contributed by atoms with van der Waals surface area (Å²) < 4.78 is 5.67. The number of rotatable bonds is 5. The molecule has 1 aromatic carbocycles. The fourth-order valence-electron chi connectivity index (χ4n) is 2.49. The van der Waals surface area contributed by atoms with Crippen molar-refractivity contribution in [1.82, 2.24) is 16.3 Å². The molecule has 0 bridgehead atoms. The molecule has 3 unspecified atom stereocenters. The van der Waals surface area contributed by atoms with Crippen LogP contribution >= 0.6 is 0 Å². The van der Waals surface area contributed by atoms with Crippen LogP contribution in [-0.4, -0.2) is 18.6 Å². The minimum Gasteiger partial charge on any atom is -0.493 e. The zero-order valence-corrected chi connectivity index (χ0v) is 12.7. The summed E-state index contributed by atoms with van der Waals surface area (Å²) in [7, 11) is 0. The van der Waals surface area contributed by atoms with Crippen molar-refractivity contribution in [2.75, 3.05) is 6.61 Å². The SMILES string of the molecule is CC(C)COc1ccc(C2NNC(C)C2C(=O)NN)cc1. The van der Waals surface area contributed by atoms with Crippen molar-refractivity contribution in [1.29, 1.82) is 0 Å². The number of nitrogens with two attached hydrogens (primary N) is 1. The van der Waals surface area contributed by atoms with Crippen LogP contribution in [0, 0.1) is 11.8 Å². The van der Waals surface area contributed by atoms with E-state index in [1.54, 1.807) is 0 Å². The number of carbonyl (C=O) groups excluding carboxylic acids is 1. The molecule has 6 heteroatoms. The van der Waals surface area contributed by atoms with Crippen molar-refractivity contribution in [3.05, 3.63) is 29.8 Å². The summed E-state index contributed by atoms with van der Waals surface area (Å²) in [4.78, 5) is 11.9. The van der Waals surface area contributed by atoms with E-state index >= 15 is 0 Å². The summed E-state index contributed by atoms with van der Waals surface area (Å²) in [5.74, 6) is 6.17. The fourth-order valence-corrected chi connectivity index (χ4v) is 2.49. The second-order valence-electron chi connectivity index (χ2n) is 5.86. The van der Waals surface area contributed by atoms with Crippen LogP contribution in [0.15, 0.2) is 24.3 Å². The van der Waals surface area contributed by atoms with Gasteiger partial charge in [-0.2, -0.15) is 0 Å². The molecule has 1 fully saturated rings. The first-order valence-corrected chi connectivity index (χ1v) is 7.27. The van der Waals surface area contributed by atoms with Crippen LogP contribution in [0.4, 0.5) is 0 Å². The number of amides is 1. The van der Waals surface area contributed by atoms with E-state index in [4.69, 9.17) is 10.6 Å². The Morgan fingerprint density at radius 2 is 2.00 bits per heavy atom. The number of hydrogen-bond acceptors (Lipinski definition) is 5. The number of ether oxygens (including phenoxy) is 1. The molecule has 3 atom stereocenters. The van der Waals surface area contributed by atoms with Gasteiger partial charge in [-0.1, -0.05) is 26.0 Å². The van der Waals surface area contributed by atoms with Gasteiger partial charge in [-0.05, 0) is 30.5 Å². The van der Waals surface area contributed by atoms with Crippen molar-refractivity contribution in [2.24, 2.45) is 17.7 Å². The van der Waals surface area contributed by atoms with Crippen molar-refractivity contribution in [2.45, 2.75) is 32.9 Å². The van der Waals surface area contributed by atoms with Crippen LogP contribution in [-0.2, 0) is 4.79 Å². The molecule has 6 nitrogen and oxygen atoms in total. The molecule has 5 N–H and O–H groups in total. The van der Waals surface area contributed by atoms with E-state index in [1.807, 2.05) is 31.2 Å². The molecule has 1 saturated heterocycles. The zero-order chi connectivity index (χ0) is 15.4. The van der Waals surface area contributed by atoms with E-state index in [2.05, 4.69) is 30.1 Å². The largest absolute Gasteiger partial charge is 0.493 e. The predicted octanol–water partition coefficient (Wildman–Crippen LogP) is 0.865. The molecule has 116 valence electrons. The molecular formula is C15H24N4O2. The van der Waals surface area contributed by atoms with Gasteiger partial charge in [-0.25, -0.2) is 11.3 Å². The lowest BCUT2D eigenvalue weighted by molar-refractivity contribution is -0.125. The first-order valence-electron chi connectivity index (χ1n) is 7.27. The molecule has 0 saturated carbocycles. The first-order chi connectivity index (χ1) is 10.0. The van der Waals surface area contributed by atoms with Crippen LogP contribution in [0.1, 0.15) is 32.4 Å². The summed E-state index contributed by atoms with van der Waals surface area (Å²) in [5, 5.41) is 0. The average Bonchev–Trinajstić information content (AvgIpc) is 2.86. The summed E-state index contributed by atoms with van der Waals surface area (Å²) in [5.41, 5.74) is 9.50. The molecule has 1 aliphatic rings. The summed E-state index contributed by atoms with van der Waals surface area (Å²) in [6.07, 6.45) is 0. The third kappa shape index (κ3) is 3.72. The monoisotopic (exact) mass is 292 g/mol. The summed E-state index contributed by atoms with van der Waals surface area (Å²) >= 11 is 0. The molecular weight excluding hydrogens is 268 g/mol. The van der Waals surface area contributed by atoms with E-state index in [9.17, 15) is 4.79 Å².